The van der Waals surface area contributed by atoms with E-state index >= 15 is 0 Å². The van der Waals surface area contributed by atoms with E-state index in [1.807, 2.05) is 12.1 Å². The summed E-state index contributed by atoms with van der Waals surface area (Å²) in [5, 5.41) is 4.89. The topological polar surface area (TPSA) is 68.3 Å². The van der Waals surface area contributed by atoms with Gasteiger partial charge in [-0.3, -0.25) is 19.2 Å². The highest BCUT2D eigenvalue weighted by Gasteiger charge is 2.14. The van der Waals surface area contributed by atoms with Crippen molar-refractivity contribution in [2.45, 2.75) is 27.7 Å². The Morgan fingerprint density at radius 2 is 0.567 bits per heavy atom. The maximum absolute atomic E-state index is 12.7. The van der Waals surface area contributed by atoms with Crippen LogP contribution in [0.2, 0.25) is 0 Å². The van der Waals surface area contributed by atoms with E-state index in [9.17, 15) is 19.2 Å². The molecule has 0 unspecified atom stereocenters. The number of hydrogen-bond acceptors (Lipinski definition) is 4. The van der Waals surface area contributed by atoms with Crippen LogP contribution in [0.15, 0.2) is 55.6 Å². The summed E-state index contributed by atoms with van der Waals surface area (Å²) in [5.41, 5.74) is 1.37. The highest BCUT2D eigenvalue weighted by molar-refractivity contribution is 6.08. The predicted octanol–water partition coefficient (Wildman–Crippen LogP) is 3.85. The monoisotopic (exact) mass is 394 g/mol. The van der Waals surface area contributed by atoms with Gasteiger partial charge in [-0.25, -0.2) is 0 Å². The van der Waals surface area contributed by atoms with Crippen LogP contribution in [0.1, 0.15) is 22.3 Å². The Balaban J connectivity index is 1.98. The molecule has 5 rings (SSSR count). The largest absolute Gasteiger partial charge is 0.289 e. The maximum Gasteiger partial charge on any atom is 0.189 e. The summed E-state index contributed by atoms with van der Waals surface area (Å²) in [6, 6.07) is 10.8. The summed E-state index contributed by atoms with van der Waals surface area (Å²) >= 11 is 0. The SMILES string of the molecule is Cc1c(C)c(=O)c2cc3cc4cc5c(=O)c(C)c(C)c(=O)c5cc4cc3cc2c1=O. The first-order chi connectivity index (χ1) is 14.2. The third-order valence-corrected chi connectivity index (χ3v) is 6.53. The van der Waals surface area contributed by atoms with Gasteiger partial charge in [0.25, 0.3) is 0 Å². The van der Waals surface area contributed by atoms with E-state index in [0.29, 0.717) is 43.8 Å². The molecule has 0 heterocycles. The summed E-state index contributed by atoms with van der Waals surface area (Å²) < 4.78 is 0. The van der Waals surface area contributed by atoms with Crippen molar-refractivity contribution in [1.82, 2.24) is 0 Å². The molecule has 0 atom stereocenters. The lowest BCUT2D eigenvalue weighted by atomic mass is 9.94. The van der Waals surface area contributed by atoms with Gasteiger partial charge in [-0.15, -0.1) is 0 Å². The molecule has 0 aromatic heterocycles. The minimum absolute atomic E-state index is 0.133. The lowest BCUT2D eigenvalue weighted by molar-refractivity contribution is 1.29. The quantitative estimate of drug-likeness (QED) is 0.374. The van der Waals surface area contributed by atoms with Gasteiger partial charge in [0.2, 0.25) is 0 Å². The van der Waals surface area contributed by atoms with Gasteiger partial charge in [-0.05, 0) is 85.6 Å². The van der Waals surface area contributed by atoms with Crippen LogP contribution in [0.5, 0.6) is 0 Å². The fourth-order valence-corrected chi connectivity index (χ4v) is 4.34. The lowest BCUT2D eigenvalue weighted by Crippen LogP contribution is -2.18. The molecular formula is C26H18O4. The van der Waals surface area contributed by atoms with E-state index in [1.165, 1.54) is 0 Å². The van der Waals surface area contributed by atoms with Crippen molar-refractivity contribution >= 4 is 43.1 Å². The molecule has 0 saturated heterocycles. The predicted molar refractivity (Wildman–Crippen MR) is 123 cm³/mol. The molecule has 0 spiro atoms. The summed E-state index contributed by atoms with van der Waals surface area (Å²) in [6.07, 6.45) is 0. The second-order valence-corrected chi connectivity index (χ2v) is 8.16. The molecule has 0 aliphatic heterocycles. The molecule has 4 heteroatoms. The Bertz CT molecular complexity index is 1540. The average molecular weight is 394 g/mol. The summed E-state index contributed by atoms with van der Waals surface area (Å²) in [5.74, 6) is 0. The molecule has 0 amide bonds. The van der Waals surface area contributed by atoms with Gasteiger partial charge in [0.05, 0.1) is 0 Å². The van der Waals surface area contributed by atoms with Crippen LogP contribution in [0.4, 0.5) is 0 Å². The standard InChI is InChI=1S/C26H18O4/c1-11-12(2)24(28)20-8-16-6-18-10-22-21(25(29)13(3)14(4)26(22)30)9-17(18)5-15(16)7-19(20)23(11)27/h5-10H,1-4H3. The first kappa shape index (κ1) is 18.4. The molecule has 0 aliphatic carbocycles. The zero-order chi connectivity index (χ0) is 21.5. The number of benzene rings is 5. The van der Waals surface area contributed by atoms with Gasteiger partial charge in [0, 0.05) is 43.8 Å². The van der Waals surface area contributed by atoms with Crippen molar-refractivity contribution in [3.63, 3.8) is 0 Å². The minimum atomic E-state index is -0.133. The molecule has 4 nitrogen and oxygen atoms in total. The maximum atomic E-state index is 12.7. The average Bonchev–Trinajstić information content (AvgIpc) is 2.75. The molecule has 146 valence electrons. The van der Waals surface area contributed by atoms with Crippen LogP contribution in [0.3, 0.4) is 0 Å². The molecule has 30 heavy (non-hydrogen) atoms. The molecular weight excluding hydrogens is 376 g/mol. The van der Waals surface area contributed by atoms with E-state index in [2.05, 4.69) is 0 Å². The zero-order valence-corrected chi connectivity index (χ0v) is 17.1. The summed E-state index contributed by atoms with van der Waals surface area (Å²) in [4.78, 5) is 50.9. The molecule has 5 aromatic carbocycles. The van der Waals surface area contributed by atoms with E-state index in [0.717, 1.165) is 21.5 Å². The van der Waals surface area contributed by atoms with Crippen molar-refractivity contribution in [2.75, 3.05) is 0 Å². The first-order valence-electron chi connectivity index (χ1n) is 9.78. The normalized spacial score (nSPS) is 11.9. The van der Waals surface area contributed by atoms with Crippen LogP contribution in [-0.4, -0.2) is 0 Å². The van der Waals surface area contributed by atoms with Gasteiger partial charge < -0.3 is 0 Å². The van der Waals surface area contributed by atoms with Crippen LogP contribution in [-0.2, 0) is 0 Å². The molecule has 0 bridgehead atoms. The van der Waals surface area contributed by atoms with Gasteiger partial charge >= 0.3 is 0 Å². The summed E-state index contributed by atoms with van der Waals surface area (Å²) in [7, 11) is 0. The summed E-state index contributed by atoms with van der Waals surface area (Å²) in [6.45, 7) is 6.71. The van der Waals surface area contributed by atoms with Crippen LogP contribution < -0.4 is 21.7 Å². The van der Waals surface area contributed by atoms with Crippen molar-refractivity contribution < 1.29 is 0 Å². The fourth-order valence-electron chi connectivity index (χ4n) is 4.34. The van der Waals surface area contributed by atoms with Crippen LogP contribution >= 0.6 is 0 Å². The van der Waals surface area contributed by atoms with E-state index in [-0.39, 0.29) is 21.7 Å². The van der Waals surface area contributed by atoms with Crippen LogP contribution in [0, 0.1) is 27.7 Å². The molecule has 0 radical (unpaired) electrons. The van der Waals surface area contributed by atoms with Crippen molar-refractivity contribution in [2.24, 2.45) is 0 Å². The highest BCUT2D eigenvalue weighted by Crippen LogP contribution is 2.28. The van der Waals surface area contributed by atoms with E-state index in [1.54, 1.807) is 52.0 Å². The van der Waals surface area contributed by atoms with Crippen molar-refractivity contribution in [3.8, 4) is 0 Å². The minimum Gasteiger partial charge on any atom is -0.289 e. The number of hydrogen-bond donors (Lipinski definition) is 0. The Morgan fingerprint density at radius 3 is 0.767 bits per heavy atom. The first-order valence-corrected chi connectivity index (χ1v) is 9.78. The van der Waals surface area contributed by atoms with Crippen molar-refractivity contribution in [1.29, 1.82) is 0 Å². The second kappa shape index (κ2) is 5.92. The van der Waals surface area contributed by atoms with Gasteiger partial charge in [0.15, 0.2) is 21.7 Å². The Morgan fingerprint density at radius 1 is 0.367 bits per heavy atom. The van der Waals surface area contributed by atoms with Crippen LogP contribution in [0.25, 0.3) is 43.1 Å². The molecule has 0 fully saturated rings. The third-order valence-electron chi connectivity index (χ3n) is 6.53. The molecule has 0 N–H and O–H groups in total. The Hall–Kier alpha value is -3.66. The highest BCUT2D eigenvalue weighted by atomic mass is 16.1. The van der Waals surface area contributed by atoms with E-state index < -0.39 is 0 Å². The smallest absolute Gasteiger partial charge is 0.189 e. The Kier molecular flexibility index (Phi) is 3.63. The molecule has 0 aliphatic rings. The fraction of sp³-hybridized carbons (Fsp3) is 0.154. The van der Waals surface area contributed by atoms with Crippen molar-refractivity contribution in [3.05, 3.63) is 99.5 Å². The van der Waals surface area contributed by atoms with Gasteiger partial charge in [-0.1, -0.05) is 0 Å². The van der Waals surface area contributed by atoms with E-state index in [4.69, 9.17) is 0 Å². The lowest BCUT2D eigenvalue weighted by Gasteiger charge is -2.08. The number of rotatable bonds is 0. The Labute approximate surface area is 170 Å². The zero-order valence-electron chi connectivity index (χ0n) is 17.1. The molecule has 5 aromatic rings. The second-order valence-electron chi connectivity index (χ2n) is 8.16. The number of fused-ring (bicyclic) bond motifs is 4. The van der Waals surface area contributed by atoms with Gasteiger partial charge in [-0.2, -0.15) is 0 Å². The molecule has 0 saturated carbocycles. The van der Waals surface area contributed by atoms with Gasteiger partial charge in [0.1, 0.15) is 0 Å². The third kappa shape index (κ3) is 2.28.